The number of nitriles is 1. The second-order valence-electron chi connectivity index (χ2n) is 7.62. The van der Waals surface area contributed by atoms with Crippen molar-refractivity contribution in [1.82, 2.24) is 4.90 Å². The molecule has 2 aliphatic rings. The maximum absolute atomic E-state index is 13.0. The second kappa shape index (κ2) is 7.72. The molecule has 0 radical (unpaired) electrons. The molecule has 1 saturated carbocycles. The molecule has 4 rings (SSSR count). The quantitative estimate of drug-likeness (QED) is 0.830. The third kappa shape index (κ3) is 4.07. The van der Waals surface area contributed by atoms with Crippen LogP contribution in [0.3, 0.4) is 0 Å². The lowest BCUT2D eigenvalue weighted by atomic mass is 9.82. The van der Waals surface area contributed by atoms with E-state index in [-0.39, 0.29) is 22.9 Å². The maximum atomic E-state index is 13.0. The summed E-state index contributed by atoms with van der Waals surface area (Å²) in [4.78, 5) is 18.9. The zero-order chi connectivity index (χ0) is 20.5. The molecule has 2 heterocycles. The Kier molecular flexibility index (Phi) is 5.52. The fourth-order valence-corrected chi connectivity index (χ4v) is 4.20. The molecule has 5 nitrogen and oxygen atoms in total. The van der Waals surface area contributed by atoms with Crippen LogP contribution in [0.4, 0.5) is 4.39 Å². The Morgan fingerprint density at radius 1 is 1.36 bits per heavy atom. The summed E-state index contributed by atoms with van der Waals surface area (Å²) in [6, 6.07) is 10.3. The van der Waals surface area contributed by atoms with Gasteiger partial charge in [-0.1, -0.05) is 12.1 Å². The van der Waals surface area contributed by atoms with E-state index in [1.54, 1.807) is 30.5 Å². The van der Waals surface area contributed by atoms with Crippen LogP contribution in [0.25, 0.3) is 10.4 Å². The first-order valence-corrected chi connectivity index (χ1v) is 9.99. The molecular formula is C21H23FN4OS. The topological polar surface area (TPSA) is 82.5 Å². The summed E-state index contributed by atoms with van der Waals surface area (Å²) in [5.41, 5.74) is 6.34. The first-order valence-electron chi connectivity index (χ1n) is 9.11. The van der Waals surface area contributed by atoms with E-state index in [9.17, 15) is 9.18 Å². The van der Waals surface area contributed by atoms with Gasteiger partial charge in [-0.3, -0.25) is 9.69 Å². The van der Waals surface area contributed by atoms with Crippen LogP contribution in [-0.2, 0) is 4.79 Å². The average Bonchev–Trinajstić information content (AvgIpc) is 3.31. The van der Waals surface area contributed by atoms with Crippen molar-refractivity contribution in [3.8, 4) is 16.5 Å². The molecule has 146 valence electrons. The van der Waals surface area contributed by atoms with E-state index in [0.29, 0.717) is 11.9 Å². The zero-order valence-electron chi connectivity index (χ0n) is 16.1. The Balaban J connectivity index is 0.000000161. The van der Waals surface area contributed by atoms with Crippen molar-refractivity contribution in [2.24, 2.45) is 22.6 Å². The van der Waals surface area contributed by atoms with E-state index in [1.807, 2.05) is 37.4 Å². The van der Waals surface area contributed by atoms with Crippen molar-refractivity contribution in [1.29, 1.82) is 5.26 Å². The van der Waals surface area contributed by atoms with Gasteiger partial charge in [0.1, 0.15) is 11.9 Å². The molecule has 0 saturated heterocycles. The number of hydrogen-bond acceptors (Lipinski definition) is 5. The summed E-state index contributed by atoms with van der Waals surface area (Å²) in [5.74, 6) is 0.561. The molecule has 2 N–H and O–H groups in total. The van der Waals surface area contributed by atoms with Gasteiger partial charge in [-0.2, -0.15) is 5.26 Å². The predicted octanol–water partition coefficient (Wildman–Crippen LogP) is 4.00. The minimum absolute atomic E-state index is 0.0276. The lowest BCUT2D eigenvalue weighted by Crippen LogP contribution is -2.54. The number of carbonyl (C=O) groups is 1. The van der Waals surface area contributed by atoms with Crippen LogP contribution < -0.4 is 5.73 Å². The van der Waals surface area contributed by atoms with Crippen LogP contribution in [-0.4, -0.2) is 29.4 Å². The third-order valence-electron chi connectivity index (χ3n) is 5.09. The minimum atomic E-state index is -0.465. The first kappa shape index (κ1) is 20.0. The maximum Gasteiger partial charge on any atom is 0.234 e. The highest BCUT2D eigenvalue weighted by molar-refractivity contribution is 7.13. The molecule has 1 aliphatic heterocycles. The van der Waals surface area contributed by atoms with Gasteiger partial charge in [-0.15, -0.1) is 11.3 Å². The van der Waals surface area contributed by atoms with Crippen molar-refractivity contribution in [3.05, 3.63) is 47.1 Å². The van der Waals surface area contributed by atoms with Crippen LogP contribution in [0, 0.1) is 29.0 Å². The summed E-state index contributed by atoms with van der Waals surface area (Å²) < 4.78 is 13.0. The summed E-state index contributed by atoms with van der Waals surface area (Å²) in [6.07, 6.45) is 2.31. The lowest BCUT2D eigenvalue weighted by molar-refractivity contribution is -0.134. The number of carbonyl (C=O) groups excluding carboxylic acids is 1. The Morgan fingerprint density at radius 2 is 2.07 bits per heavy atom. The van der Waals surface area contributed by atoms with E-state index in [0.717, 1.165) is 23.3 Å². The number of benzene rings is 1. The largest absolute Gasteiger partial charge is 0.369 e. The Morgan fingerprint density at radius 3 is 2.64 bits per heavy atom. The van der Waals surface area contributed by atoms with E-state index in [1.165, 1.54) is 11.0 Å². The average molecular weight is 399 g/mol. The third-order valence-corrected chi connectivity index (χ3v) is 6.01. The summed E-state index contributed by atoms with van der Waals surface area (Å²) >= 11 is 1.57. The van der Waals surface area contributed by atoms with Gasteiger partial charge >= 0.3 is 0 Å². The molecule has 1 aromatic heterocycles. The Hall–Kier alpha value is -2.72. The normalized spacial score (nSPS) is 20.7. The molecule has 1 fully saturated rings. The highest BCUT2D eigenvalue weighted by atomic mass is 32.1. The van der Waals surface area contributed by atoms with Gasteiger partial charge in [0, 0.05) is 11.9 Å². The van der Waals surface area contributed by atoms with Crippen molar-refractivity contribution in [2.75, 3.05) is 7.05 Å². The van der Waals surface area contributed by atoms with Gasteiger partial charge in [0.25, 0.3) is 0 Å². The van der Waals surface area contributed by atoms with Gasteiger partial charge in [-0.05, 0) is 61.7 Å². The highest BCUT2D eigenvalue weighted by Gasteiger charge is 2.49. The van der Waals surface area contributed by atoms with Crippen LogP contribution in [0.5, 0.6) is 0 Å². The van der Waals surface area contributed by atoms with E-state index in [2.05, 4.69) is 4.99 Å². The van der Waals surface area contributed by atoms with Crippen molar-refractivity contribution in [3.63, 3.8) is 0 Å². The number of rotatable bonds is 2. The molecule has 1 amide bonds. The number of hydrogen-bond donors (Lipinski definition) is 1. The SMILES string of the molecule is CN1C(=O)[C@@H](C2CC2)C(C)(C)N=C1N.N#Cc1cc(-c2cccs2)ccc1F. The number of amides is 1. The van der Waals surface area contributed by atoms with Gasteiger partial charge in [0.15, 0.2) is 5.96 Å². The van der Waals surface area contributed by atoms with Crippen LogP contribution in [0.1, 0.15) is 32.3 Å². The van der Waals surface area contributed by atoms with E-state index in [4.69, 9.17) is 11.0 Å². The molecule has 0 spiro atoms. The highest BCUT2D eigenvalue weighted by Crippen LogP contribution is 2.45. The number of nitrogens with zero attached hydrogens (tertiary/aromatic N) is 3. The minimum Gasteiger partial charge on any atom is -0.369 e. The second-order valence-corrected chi connectivity index (χ2v) is 8.57. The lowest BCUT2D eigenvalue weighted by Gasteiger charge is -2.38. The van der Waals surface area contributed by atoms with Crippen molar-refractivity contribution < 1.29 is 9.18 Å². The van der Waals surface area contributed by atoms with Crippen molar-refractivity contribution >= 4 is 23.2 Å². The van der Waals surface area contributed by atoms with Gasteiger partial charge in [-0.25, -0.2) is 9.38 Å². The number of aliphatic imine (C=N–C) groups is 1. The number of thiophene rings is 1. The first-order chi connectivity index (χ1) is 13.2. The number of halogens is 1. The molecule has 2 aromatic rings. The molecule has 28 heavy (non-hydrogen) atoms. The smallest absolute Gasteiger partial charge is 0.234 e. The summed E-state index contributed by atoms with van der Waals surface area (Å²) in [7, 11) is 1.70. The molecule has 1 atom stereocenters. The molecule has 0 unspecified atom stereocenters. The van der Waals surface area contributed by atoms with Crippen LogP contribution in [0.15, 0.2) is 40.7 Å². The standard InChI is InChI=1S/C11H6FNS.C10H17N3O/c12-10-4-3-8(6-9(10)7-13)11-2-1-5-14-11;1-10(2)7(6-4-5-6)8(14)13(3)9(11)12-10/h1-6H;6-7H,4-5H2,1-3H3,(H2,11,12)/t;7-/m.1/s1. The molecule has 1 aromatic carbocycles. The van der Waals surface area contributed by atoms with Crippen LogP contribution >= 0.6 is 11.3 Å². The fraction of sp³-hybridized carbons (Fsp3) is 0.381. The van der Waals surface area contributed by atoms with Gasteiger partial charge in [0.2, 0.25) is 5.91 Å². The molecule has 7 heteroatoms. The Bertz CT molecular complexity index is 942. The molecule has 1 aliphatic carbocycles. The van der Waals surface area contributed by atoms with Crippen molar-refractivity contribution in [2.45, 2.75) is 32.2 Å². The molecule has 0 bridgehead atoms. The van der Waals surface area contributed by atoms with Crippen LogP contribution in [0.2, 0.25) is 0 Å². The number of guanidine groups is 1. The Labute approximate surface area is 168 Å². The number of nitrogens with two attached hydrogens (primary N) is 1. The zero-order valence-corrected chi connectivity index (χ0v) is 17.0. The van der Waals surface area contributed by atoms with E-state index < -0.39 is 5.82 Å². The fourth-order valence-electron chi connectivity index (χ4n) is 3.48. The summed E-state index contributed by atoms with van der Waals surface area (Å²) in [5, 5.41) is 10.6. The monoisotopic (exact) mass is 398 g/mol. The van der Waals surface area contributed by atoms with Gasteiger partial charge in [0.05, 0.1) is 17.0 Å². The molecular weight excluding hydrogens is 375 g/mol. The van der Waals surface area contributed by atoms with Gasteiger partial charge < -0.3 is 5.73 Å². The summed E-state index contributed by atoms with van der Waals surface area (Å²) in [6.45, 7) is 3.99. The predicted molar refractivity (Wildman–Crippen MR) is 109 cm³/mol. The van der Waals surface area contributed by atoms with E-state index >= 15 is 0 Å².